The molecule has 4 nitrogen and oxygen atoms in total. The summed E-state index contributed by atoms with van der Waals surface area (Å²) in [5.74, 6) is 0.0668. The fourth-order valence-electron chi connectivity index (χ4n) is 1.70. The number of hydrogen-bond acceptors (Lipinski definition) is 3. The molecule has 0 bridgehead atoms. The largest absolute Gasteiger partial charge is 0.484 e. The molecule has 2 rings (SSSR count). The van der Waals surface area contributed by atoms with Crippen LogP contribution in [-0.4, -0.2) is 12.5 Å². The van der Waals surface area contributed by atoms with Gasteiger partial charge in [-0.05, 0) is 29.8 Å². The van der Waals surface area contributed by atoms with Gasteiger partial charge in [0.25, 0.3) is 5.91 Å². The summed E-state index contributed by atoms with van der Waals surface area (Å²) in [4.78, 5) is 10.7. The summed E-state index contributed by atoms with van der Waals surface area (Å²) in [6.07, 6.45) is 0. The van der Waals surface area contributed by atoms with E-state index in [1.54, 1.807) is 18.2 Å². The molecule has 0 aliphatic carbocycles. The Labute approximate surface area is 132 Å². The number of nitrogens with two attached hydrogens (primary N) is 1. The number of carbonyl (C=O) groups excluding carboxylic acids is 1. The van der Waals surface area contributed by atoms with Gasteiger partial charge in [-0.1, -0.05) is 35.3 Å². The smallest absolute Gasteiger partial charge is 0.255 e. The lowest BCUT2D eigenvalue weighted by atomic mass is 10.2. The first-order valence-corrected chi connectivity index (χ1v) is 6.99. The van der Waals surface area contributed by atoms with Crippen LogP contribution in [-0.2, 0) is 11.3 Å². The van der Waals surface area contributed by atoms with Crippen molar-refractivity contribution in [3.05, 3.63) is 58.1 Å². The van der Waals surface area contributed by atoms with E-state index in [-0.39, 0.29) is 6.61 Å². The summed E-state index contributed by atoms with van der Waals surface area (Å²) in [7, 11) is 0. The van der Waals surface area contributed by atoms with Crippen LogP contribution in [0.5, 0.6) is 5.75 Å². The van der Waals surface area contributed by atoms with Crippen LogP contribution >= 0.6 is 23.2 Å². The summed E-state index contributed by atoms with van der Waals surface area (Å²) >= 11 is 11.8. The lowest BCUT2D eigenvalue weighted by Crippen LogP contribution is -2.20. The van der Waals surface area contributed by atoms with E-state index in [4.69, 9.17) is 33.7 Å². The Hall–Kier alpha value is -1.91. The van der Waals surface area contributed by atoms with Crippen molar-refractivity contribution in [2.24, 2.45) is 5.73 Å². The van der Waals surface area contributed by atoms with Crippen LogP contribution in [0, 0.1) is 0 Å². The highest BCUT2D eigenvalue weighted by Crippen LogP contribution is 2.23. The number of hydrogen-bond donors (Lipinski definition) is 2. The van der Waals surface area contributed by atoms with E-state index in [1.165, 1.54) is 0 Å². The number of ether oxygens (including phenoxy) is 1. The van der Waals surface area contributed by atoms with E-state index >= 15 is 0 Å². The number of nitrogens with one attached hydrogen (secondary N) is 1. The summed E-state index contributed by atoms with van der Waals surface area (Å²) in [5, 5.41) is 4.29. The maximum absolute atomic E-state index is 10.7. The third-order valence-electron chi connectivity index (χ3n) is 2.70. The molecule has 0 aliphatic heterocycles. The van der Waals surface area contributed by atoms with Gasteiger partial charge in [0.05, 0.1) is 10.0 Å². The molecule has 0 saturated heterocycles. The molecule has 0 fully saturated rings. The van der Waals surface area contributed by atoms with E-state index < -0.39 is 5.91 Å². The van der Waals surface area contributed by atoms with E-state index in [0.717, 1.165) is 11.3 Å². The van der Waals surface area contributed by atoms with Crippen molar-refractivity contribution in [3.63, 3.8) is 0 Å². The minimum atomic E-state index is -0.510. The third-order valence-corrected chi connectivity index (χ3v) is 3.43. The Bertz CT molecular complexity index is 647. The number of amides is 1. The van der Waals surface area contributed by atoms with Crippen molar-refractivity contribution in [2.45, 2.75) is 6.54 Å². The first kappa shape index (κ1) is 15.5. The van der Waals surface area contributed by atoms with Crippen LogP contribution in [0.4, 0.5) is 5.69 Å². The van der Waals surface area contributed by atoms with E-state index in [9.17, 15) is 4.79 Å². The summed E-state index contributed by atoms with van der Waals surface area (Å²) in [6, 6.07) is 12.7. The molecule has 2 aromatic rings. The van der Waals surface area contributed by atoms with E-state index in [1.807, 2.05) is 24.3 Å². The van der Waals surface area contributed by atoms with Crippen LogP contribution in [0.1, 0.15) is 5.56 Å². The Balaban J connectivity index is 1.97. The van der Waals surface area contributed by atoms with Crippen LogP contribution in [0.2, 0.25) is 10.0 Å². The molecule has 0 spiro atoms. The summed E-state index contributed by atoms with van der Waals surface area (Å²) in [5.41, 5.74) is 6.91. The molecule has 21 heavy (non-hydrogen) atoms. The molecule has 0 saturated carbocycles. The standard InChI is InChI=1S/C15H14Cl2N2O2/c16-13-5-4-10(6-14(13)17)8-19-11-2-1-3-12(7-11)21-9-15(18)20/h1-7,19H,8-9H2,(H2,18,20). The first-order chi connectivity index (χ1) is 10.0. The number of anilines is 1. The van der Waals surface area contributed by atoms with Crippen molar-refractivity contribution < 1.29 is 9.53 Å². The van der Waals surface area contributed by atoms with Crippen molar-refractivity contribution in [1.29, 1.82) is 0 Å². The zero-order valence-electron chi connectivity index (χ0n) is 11.1. The molecule has 1 amide bonds. The lowest BCUT2D eigenvalue weighted by molar-refractivity contribution is -0.119. The van der Waals surface area contributed by atoms with Gasteiger partial charge in [-0.15, -0.1) is 0 Å². The monoisotopic (exact) mass is 324 g/mol. The van der Waals surface area contributed by atoms with Crippen molar-refractivity contribution in [2.75, 3.05) is 11.9 Å². The maximum Gasteiger partial charge on any atom is 0.255 e. The molecule has 0 aromatic heterocycles. The molecule has 0 unspecified atom stereocenters. The predicted molar refractivity (Wildman–Crippen MR) is 84.9 cm³/mol. The highest BCUT2D eigenvalue weighted by atomic mass is 35.5. The molecule has 6 heteroatoms. The average Bonchev–Trinajstić information content (AvgIpc) is 2.47. The van der Waals surface area contributed by atoms with Gasteiger partial charge in [-0.25, -0.2) is 0 Å². The second-order valence-corrected chi connectivity index (χ2v) is 5.20. The van der Waals surface area contributed by atoms with Crippen LogP contribution < -0.4 is 15.8 Å². The SMILES string of the molecule is NC(=O)COc1cccc(NCc2ccc(Cl)c(Cl)c2)c1. The van der Waals surface area contributed by atoms with E-state index in [0.29, 0.717) is 22.3 Å². The lowest BCUT2D eigenvalue weighted by Gasteiger charge is -2.09. The van der Waals surface area contributed by atoms with E-state index in [2.05, 4.69) is 5.32 Å². The predicted octanol–water partition coefficient (Wildman–Crippen LogP) is 3.47. The maximum atomic E-state index is 10.7. The van der Waals surface area contributed by atoms with Gasteiger partial charge in [-0.3, -0.25) is 4.79 Å². The van der Waals surface area contributed by atoms with Crippen molar-refractivity contribution >= 4 is 34.8 Å². The van der Waals surface area contributed by atoms with Crippen LogP contribution in [0.3, 0.4) is 0 Å². The van der Waals surface area contributed by atoms with Crippen LogP contribution in [0.15, 0.2) is 42.5 Å². The number of carbonyl (C=O) groups is 1. The average molecular weight is 325 g/mol. The Morgan fingerprint density at radius 2 is 1.95 bits per heavy atom. The van der Waals surface area contributed by atoms with Crippen LogP contribution in [0.25, 0.3) is 0 Å². The molecule has 0 radical (unpaired) electrons. The second kappa shape index (κ2) is 7.20. The Morgan fingerprint density at radius 1 is 1.14 bits per heavy atom. The van der Waals surface area contributed by atoms with Gasteiger partial charge in [0.15, 0.2) is 6.61 Å². The molecular weight excluding hydrogens is 311 g/mol. The number of rotatable bonds is 6. The fraction of sp³-hybridized carbons (Fsp3) is 0.133. The summed E-state index contributed by atoms with van der Waals surface area (Å²) < 4.78 is 5.24. The van der Waals surface area contributed by atoms with Crippen molar-refractivity contribution in [1.82, 2.24) is 0 Å². The zero-order valence-corrected chi connectivity index (χ0v) is 12.6. The Morgan fingerprint density at radius 3 is 2.67 bits per heavy atom. The fourth-order valence-corrected chi connectivity index (χ4v) is 2.02. The van der Waals surface area contributed by atoms with Gasteiger partial charge in [0, 0.05) is 18.3 Å². The molecular formula is C15H14Cl2N2O2. The van der Waals surface area contributed by atoms with Gasteiger partial charge in [0.1, 0.15) is 5.75 Å². The molecule has 0 aliphatic rings. The molecule has 0 heterocycles. The normalized spacial score (nSPS) is 10.2. The Kier molecular flexibility index (Phi) is 5.31. The molecule has 2 aromatic carbocycles. The number of primary amides is 1. The topological polar surface area (TPSA) is 64.4 Å². The van der Waals surface area contributed by atoms with Gasteiger partial charge >= 0.3 is 0 Å². The first-order valence-electron chi connectivity index (χ1n) is 6.23. The summed E-state index contributed by atoms with van der Waals surface area (Å²) in [6.45, 7) is 0.451. The van der Waals surface area contributed by atoms with Gasteiger partial charge in [-0.2, -0.15) is 0 Å². The van der Waals surface area contributed by atoms with Gasteiger partial charge in [0.2, 0.25) is 0 Å². The minimum absolute atomic E-state index is 0.143. The molecule has 0 atom stereocenters. The number of benzene rings is 2. The van der Waals surface area contributed by atoms with Gasteiger partial charge < -0.3 is 15.8 Å². The van der Waals surface area contributed by atoms with Crippen molar-refractivity contribution in [3.8, 4) is 5.75 Å². The third kappa shape index (κ3) is 4.85. The number of halogens is 2. The second-order valence-electron chi connectivity index (χ2n) is 4.38. The molecule has 110 valence electrons. The quantitative estimate of drug-likeness (QED) is 0.855. The zero-order chi connectivity index (χ0) is 15.2. The minimum Gasteiger partial charge on any atom is -0.484 e. The highest BCUT2D eigenvalue weighted by Gasteiger charge is 2.02. The highest BCUT2D eigenvalue weighted by molar-refractivity contribution is 6.42. The molecule has 3 N–H and O–H groups in total.